The Labute approximate surface area is 153 Å². The van der Waals surface area contributed by atoms with Crippen molar-refractivity contribution in [2.75, 3.05) is 24.6 Å². The highest BCUT2D eigenvalue weighted by molar-refractivity contribution is 7.99. The lowest BCUT2D eigenvalue weighted by Gasteiger charge is -2.39. The second-order valence-corrected chi connectivity index (χ2v) is 8.76. The van der Waals surface area contributed by atoms with Gasteiger partial charge in [-0.2, -0.15) is 11.8 Å². The highest BCUT2D eigenvalue weighted by atomic mass is 32.2. The first kappa shape index (κ1) is 18.1. The molecule has 2 amide bonds. The molecule has 2 heterocycles. The molecule has 2 aliphatic heterocycles. The van der Waals surface area contributed by atoms with Crippen molar-refractivity contribution in [3.8, 4) is 0 Å². The molecule has 0 saturated carbocycles. The number of nitrogens with zero attached hydrogens (tertiary/aromatic N) is 2. The van der Waals surface area contributed by atoms with Gasteiger partial charge in [0.15, 0.2) is 0 Å². The quantitative estimate of drug-likeness (QED) is 0.771. The lowest BCUT2D eigenvalue weighted by molar-refractivity contribution is -0.137. The molecule has 1 aromatic carbocycles. The van der Waals surface area contributed by atoms with Crippen molar-refractivity contribution < 1.29 is 14.3 Å². The van der Waals surface area contributed by atoms with E-state index >= 15 is 0 Å². The number of rotatable bonds is 1. The summed E-state index contributed by atoms with van der Waals surface area (Å²) in [4.78, 5) is 29.4. The molecule has 5 nitrogen and oxygen atoms in total. The lowest BCUT2D eigenvalue weighted by Crippen LogP contribution is -2.55. The third kappa shape index (κ3) is 4.29. The number of amides is 2. The summed E-state index contributed by atoms with van der Waals surface area (Å²) in [5.74, 6) is 1.96. The van der Waals surface area contributed by atoms with Crippen molar-refractivity contribution in [3.05, 3.63) is 35.4 Å². The molecule has 1 saturated heterocycles. The summed E-state index contributed by atoms with van der Waals surface area (Å²) >= 11 is 1.87. The van der Waals surface area contributed by atoms with Crippen molar-refractivity contribution in [1.29, 1.82) is 0 Å². The van der Waals surface area contributed by atoms with Gasteiger partial charge in [-0.25, -0.2) is 4.79 Å². The summed E-state index contributed by atoms with van der Waals surface area (Å²) in [6.07, 6.45) is 0.143. The molecular formula is C19H26N2O3S. The maximum atomic E-state index is 13.1. The number of ether oxygens (including phenoxy) is 1. The summed E-state index contributed by atoms with van der Waals surface area (Å²) in [6, 6.07) is 7.55. The van der Waals surface area contributed by atoms with Crippen LogP contribution >= 0.6 is 11.8 Å². The lowest BCUT2D eigenvalue weighted by atomic mass is 9.93. The van der Waals surface area contributed by atoms with Crippen molar-refractivity contribution in [3.63, 3.8) is 0 Å². The van der Waals surface area contributed by atoms with Gasteiger partial charge in [-0.05, 0) is 31.9 Å². The molecule has 25 heavy (non-hydrogen) atoms. The van der Waals surface area contributed by atoms with Crippen LogP contribution in [0.3, 0.4) is 0 Å². The minimum Gasteiger partial charge on any atom is -0.444 e. The average molecular weight is 362 g/mol. The Morgan fingerprint density at radius 2 is 1.76 bits per heavy atom. The predicted molar refractivity (Wildman–Crippen MR) is 99.6 cm³/mol. The zero-order chi connectivity index (χ0) is 18.0. The van der Waals surface area contributed by atoms with E-state index in [0.29, 0.717) is 13.0 Å². The van der Waals surface area contributed by atoms with E-state index in [1.54, 1.807) is 4.90 Å². The Hall–Kier alpha value is -1.69. The molecular weight excluding hydrogens is 336 g/mol. The van der Waals surface area contributed by atoms with Crippen LogP contribution in [-0.2, 0) is 22.5 Å². The standard InChI is InChI=1S/C19H26N2O3S/c1-19(2,3)24-18(23)21-13-15-7-5-4-6-14(15)12-16(21)17(22)20-8-10-25-11-9-20/h4-7,16H,8-13H2,1-3H3. The Balaban J connectivity index is 1.85. The largest absolute Gasteiger partial charge is 0.444 e. The van der Waals surface area contributed by atoms with E-state index in [4.69, 9.17) is 4.74 Å². The van der Waals surface area contributed by atoms with E-state index in [-0.39, 0.29) is 5.91 Å². The topological polar surface area (TPSA) is 49.9 Å². The Kier molecular flexibility index (Phi) is 5.27. The molecule has 0 aromatic heterocycles. The van der Waals surface area contributed by atoms with E-state index in [2.05, 4.69) is 0 Å². The monoisotopic (exact) mass is 362 g/mol. The number of hydrogen-bond donors (Lipinski definition) is 0. The normalized spacial score (nSPS) is 20.8. The van der Waals surface area contributed by atoms with Gasteiger partial charge in [-0.3, -0.25) is 9.69 Å². The summed E-state index contributed by atoms with van der Waals surface area (Å²) in [6.45, 7) is 7.47. The van der Waals surface area contributed by atoms with Crippen LogP contribution in [0.25, 0.3) is 0 Å². The molecule has 1 unspecified atom stereocenters. The molecule has 1 fully saturated rings. The summed E-state index contributed by atoms with van der Waals surface area (Å²) in [5, 5.41) is 0. The summed E-state index contributed by atoms with van der Waals surface area (Å²) in [7, 11) is 0. The molecule has 0 radical (unpaired) electrons. The maximum absolute atomic E-state index is 13.1. The molecule has 1 atom stereocenters. The molecule has 6 heteroatoms. The van der Waals surface area contributed by atoms with Crippen molar-refractivity contribution in [1.82, 2.24) is 9.80 Å². The first-order chi connectivity index (χ1) is 11.8. The fourth-order valence-corrected chi connectivity index (χ4v) is 4.15. The summed E-state index contributed by atoms with van der Waals surface area (Å²) < 4.78 is 5.57. The van der Waals surface area contributed by atoms with Crippen LogP contribution in [0, 0.1) is 0 Å². The van der Waals surface area contributed by atoms with Gasteiger partial charge in [-0.1, -0.05) is 24.3 Å². The van der Waals surface area contributed by atoms with E-state index in [1.165, 1.54) is 0 Å². The number of carbonyl (C=O) groups is 2. The van der Waals surface area contributed by atoms with Crippen LogP contribution in [0.5, 0.6) is 0 Å². The SMILES string of the molecule is CC(C)(C)OC(=O)N1Cc2ccccc2CC1C(=O)N1CCSCC1. The van der Waals surface area contributed by atoms with Crippen LogP contribution in [0.4, 0.5) is 4.79 Å². The van der Waals surface area contributed by atoms with Crippen LogP contribution in [0.2, 0.25) is 0 Å². The first-order valence-corrected chi connectivity index (χ1v) is 9.93. The van der Waals surface area contributed by atoms with E-state index in [9.17, 15) is 9.59 Å². The highest BCUT2D eigenvalue weighted by Gasteiger charge is 2.39. The minimum atomic E-state index is -0.580. The van der Waals surface area contributed by atoms with Gasteiger partial charge in [0, 0.05) is 31.0 Å². The molecule has 0 aliphatic carbocycles. The third-order valence-corrected chi connectivity index (χ3v) is 5.43. The van der Waals surface area contributed by atoms with Crippen LogP contribution in [0.1, 0.15) is 31.9 Å². The first-order valence-electron chi connectivity index (χ1n) is 8.78. The number of benzene rings is 1. The number of fused-ring (bicyclic) bond motifs is 1. The molecule has 136 valence electrons. The second kappa shape index (κ2) is 7.28. The van der Waals surface area contributed by atoms with Gasteiger partial charge in [-0.15, -0.1) is 0 Å². The number of thioether (sulfide) groups is 1. The average Bonchev–Trinajstić information content (AvgIpc) is 2.59. The van der Waals surface area contributed by atoms with Crippen LogP contribution in [-0.4, -0.2) is 58.0 Å². The smallest absolute Gasteiger partial charge is 0.411 e. The maximum Gasteiger partial charge on any atom is 0.411 e. The van der Waals surface area contributed by atoms with Gasteiger partial charge >= 0.3 is 6.09 Å². The molecule has 0 N–H and O–H groups in total. The van der Waals surface area contributed by atoms with Gasteiger partial charge in [0.1, 0.15) is 11.6 Å². The Morgan fingerprint density at radius 1 is 1.12 bits per heavy atom. The fourth-order valence-electron chi connectivity index (χ4n) is 3.25. The molecule has 1 aromatic rings. The van der Waals surface area contributed by atoms with Gasteiger partial charge < -0.3 is 9.64 Å². The molecule has 3 rings (SSSR count). The Morgan fingerprint density at radius 3 is 2.40 bits per heavy atom. The number of carbonyl (C=O) groups excluding carboxylic acids is 2. The highest BCUT2D eigenvalue weighted by Crippen LogP contribution is 2.27. The van der Waals surface area contributed by atoms with E-state index < -0.39 is 17.7 Å². The van der Waals surface area contributed by atoms with Gasteiger partial charge in [0.25, 0.3) is 0 Å². The van der Waals surface area contributed by atoms with E-state index in [0.717, 1.165) is 35.7 Å². The Bertz CT molecular complexity index is 650. The molecule has 0 spiro atoms. The van der Waals surface area contributed by atoms with Gasteiger partial charge in [0.2, 0.25) is 5.91 Å². The van der Waals surface area contributed by atoms with E-state index in [1.807, 2.05) is 61.7 Å². The minimum absolute atomic E-state index is 0.0423. The zero-order valence-electron chi connectivity index (χ0n) is 15.2. The summed E-state index contributed by atoms with van der Waals surface area (Å²) in [5.41, 5.74) is 1.65. The number of hydrogen-bond acceptors (Lipinski definition) is 4. The molecule has 0 bridgehead atoms. The van der Waals surface area contributed by atoms with Crippen molar-refractivity contribution in [2.24, 2.45) is 0 Å². The zero-order valence-corrected chi connectivity index (χ0v) is 16.0. The van der Waals surface area contributed by atoms with Crippen LogP contribution in [0.15, 0.2) is 24.3 Å². The second-order valence-electron chi connectivity index (χ2n) is 7.53. The third-order valence-electron chi connectivity index (χ3n) is 4.48. The van der Waals surface area contributed by atoms with Crippen molar-refractivity contribution >= 4 is 23.8 Å². The fraction of sp³-hybridized carbons (Fsp3) is 0.579. The van der Waals surface area contributed by atoms with Crippen molar-refractivity contribution in [2.45, 2.75) is 45.4 Å². The van der Waals surface area contributed by atoms with Crippen LogP contribution < -0.4 is 0 Å². The molecule has 2 aliphatic rings. The predicted octanol–water partition coefficient (Wildman–Crippen LogP) is 2.92. The van der Waals surface area contributed by atoms with Gasteiger partial charge in [0.05, 0.1) is 6.54 Å².